The van der Waals surface area contributed by atoms with E-state index >= 15 is 0 Å². The molecule has 0 fully saturated rings. The van der Waals surface area contributed by atoms with Crippen molar-refractivity contribution in [2.75, 3.05) is 12.4 Å². The van der Waals surface area contributed by atoms with Crippen molar-refractivity contribution in [3.63, 3.8) is 0 Å². The molecule has 0 saturated carbocycles. The first-order chi connectivity index (χ1) is 10.3. The molecular formula is C15H22N6O. The molecule has 7 heteroatoms. The number of anilines is 1. The maximum Gasteiger partial charge on any atom is 0.321 e. The Bertz CT molecular complexity index is 641. The Balaban J connectivity index is 1.96. The molecule has 0 spiro atoms. The maximum atomic E-state index is 12.1. The Hall–Kier alpha value is -2.44. The molecule has 0 bridgehead atoms. The lowest BCUT2D eigenvalue weighted by Crippen LogP contribution is -2.31. The van der Waals surface area contributed by atoms with E-state index in [0.29, 0.717) is 12.2 Å². The molecule has 0 aliphatic carbocycles. The van der Waals surface area contributed by atoms with Gasteiger partial charge in [-0.1, -0.05) is 20.8 Å². The van der Waals surface area contributed by atoms with E-state index in [4.69, 9.17) is 0 Å². The minimum Gasteiger partial charge on any atom is -0.323 e. The Kier molecular flexibility index (Phi) is 4.44. The summed E-state index contributed by atoms with van der Waals surface area (Å²) in [5, 5.41) is 6.87. The van der Waals surface area contributed by atoms with E-state index in [9.17, 15) is 4.79 Å². The van der Waals surface area contributed by atoms with E-state index in [1.807, 2.05) is 34.0 Å². The lowest BCUT2D eigenvalue weighted by Gasteiger charge is -2.18. The Morgan fingerprint density at radius 2 is 1.91 bits per heavy atom. The fourth-order valence-corrected chi connectivity index (χ4v) is 1.90. The molecule has 118 valence electrons. The summed E-state index contributed by atoms with van der Waals surface area (Å²) in [7, 11) is 3.57. The van der Waals surface area contributed by atoms with Crippen LogP contribution in [0.2, 0.25) is 0 Å². The number of hydrogen-bond donors (Lipinski definition) is 1. The van der Waals surface area contributed by atoms with Gasteiger partial charge >= 0.3 is 6.03 Å². The van der Waals surface area contributed by atoms with Crippen molar-refractivity contribution in [1.82, 2.24) is 24.6 Å². The fourth-order valence-electron chi connectivity index (χ4n) is 1.90. The first-order valence-electron chi connectivity index (χ1n) is 7.08. The molecule has 0 aliphatic rings. The van der Waals surface area contributed by atoms with Crippen LogP contribution in [0.25, 0.3) is 0 Å². The van der Waals surface area contributed by atoms with Crippen LogP contribution in [0.3, 0.4) is 0 Å². The Morgan fingerprint density at radius 1 is 1.27 bits per heavy atom. The number of hydrogen-bond acceptors (Lipinski definition) is 4. The van der Waals surface area contributed by atoms with Crippen LogP contribution in [0.4, 0.5) is 10.5 Å². The molecule has 2 heterocycles. The van der Waals surface area contributed by atoms with Gasteiger partial charge in [0.15, 0.2) is 0 Å². The van der Waals surface area contributed by atoms with Crippen LogP contribution in [0.1, 0.15) is 32.2 Å². The Morgan fingerprint density at radius 3 is 2.41 bits per heavy atom. The van der Waals surface area contributed by atoms with Crippen LogP contribution in [0.15, 0.2) is 24.8 Å². The first-order valence-corrected chi connectivity index (χ1v) is 7.08. The smallest absolute Gasteiger partial charge is 0.321 e. The molecule has 2 rings (SSSR count). The number of nitrogens with zero attached hydrogens (tertiary/aromatic N) is 5. The van der Waals surface area contributed by atoms with Crippen LogP contribution in [-0.4, -0.2) is 37.7 Å². The van der Waals surface area contributed by atoms with Gasteiger partial charge in [0.05, 0.1) is 30.8 Å². The van der Waals surface area contributed by atoms with E-state index in [1.54, 1.807) is 35.2 Å². The molecule has 22 heavy (non-hydrogen) atoms. The minimum atomic E-state index is -0.212. The predicted molar refractivity (Wildman–Crippen MR) is 84.4 cm³/mol. The summed E-state index contributed by atoms with van der Waals surface area (Å²) in [6.45, 7) is 6.62. The van der Waals surface area contributed by atoms with Crippen molar-refractivity contribution in [1.29, 1.82) is 0 Å². The number of carbonyl (C=O) groups excluding carboxylic acids is 1. The third-order valence-electron chi connectivity index (χ3n) is 3.10. The van der Waals surface area contributed by atoms with Crippen molar-refractivity contribution in [3.05, 3.63) is 36.2 Å². The highest BCUT2D eigenvalue weighted by Gasteiger charge is 2.17. The lowest BCUT2D eigenvalue weighted by molar-refractivity contribution is 0.220. The number of nitrogens with one attached hydrogen (secondary N) is 1. The van der Waals surface area contributed by atoms with Crippen molar-refractivity contribution in [2.45, 2.75) is 32.7 Å². The van der Waals surface area contributed by atoms with Gasteiger partial charge in [0, 0.05) is 31.3 Å². The molecule has 0 atom stereocenters. The number of carbonyl (C=O) groups is 1. The van der Waals surface area contributed by atoms with Gasteiger partial charge in [-0.05, 0) is 0 Å². The van der Waals surface area contributed by atoms with Crippen LogP contribution in [0, 0.1) is 0 Å². The molecule has 0 radical (unpaired) electrons. The van der Waals surface area contributed by atoms with Crippen molar-refractivity contribution in [2.24, 2.45) is 7.05 Å². The largest absolute Gasteiger partial charge is 0.323 e. The standard InChI is InChI=1S/C15H22N6O/c1-15(2,3)13-16-7-12(8-17-13)19-14(22)20(4)9-11-6-18-21(5)10-11/h6-8,10H,9H2,1-5H3,(H,19,22). The maximum absolute atomic E-state index is 12.1. The summed E-state index contributed by atoms with van der Waals surface area (Å²) in [5.41, 5.74) is 1.44. The van der Waals surface area contributed by atoms with Gasteiger partial charge < -0.3 is 10.2 Å². The molecule has 2 aromatic rings. The van der Waals surface area contributed by atoms with E-state index in [2.05, 4.69) is 20.4 Å². The summed E-state index contributed by atoms with van der Waals surface area (Å²) in [6, 6.07) is -0.212. The zero-order chi connectivity index (χ0) is 16.3. The third kappa shape index (κ3) is 4.03. The second kappa shape index (κ2) is 6.13. The molecule has 0 aromatic carbocycles. The monoisotopic (exact) mass is 302 g/mol. The normalized spacial score (nSPS) is 11.3. The van der Waals surface area contributed by atoms with E-state index in [-0.39, 0.29) is 11.4 Å². The van der Waals surface area contributed by atoms with Gasteiger partial charge in [-0.15, -0.1) is 0 Å². The van der Waals surface area contributed by atoms with Crippen LogP contribution in [-0.2, 0) is 19.0 Å². The first kappa shape index (κ1) is 15.9. The highest BCUT2D eigenvalue weighted by atomic mass is 16.2. The van der Waals surface area contributed by atoms with Gasteiger partial charge in [0.1, 0.15) is 5.82 Å². The van der Waals surface area contributed by atoms with Crippen LogP contribution in [0.5, 0.6) is 0 Å². The molecule has 0 saturated heterocycles. The lowest BCUT2D eigenvalue weighted by atomic mass is 9.96. The zero-order valence-electron chi connectivity index (χ0n) is 13.7. The molecular weight excluding hydrogens is 280 g/mol. The number of rotatable bonds is 3. The van der Waals surface area contributed by atoms with Crippen LogP contribution < -0.4 is 5.32 Å². The molecule has 0 unspecified atom stereocenters. The average Bonchev–Trinajstić information content (AvgIpc) is 2.83. The molecule has 2 amide bonds. The number of amides is 2. The second-order valence-electron chi connectivity index (χ2n) is 6.35. The Labute approximate surface area is 130 Å². The fraction of sp³-hybridized carbons (Fsp3) is 0.467. The van der Waals surface area contributed by atoms with Gasteiger partial charge in [0.2, 0.25) is 0 Å². The molecule has 2 aromatic heterocycles. The summed E-state index contributed by atoms with van der Waals surface area (Å²) < 4.78 is 1.71. The van der Waals surface area contributed by atoms with Gasteiger partial charge in [-0.2, -0.15) is 5.10 Å². The van der Waals surface area contributed by atoms with E-state index in [0.717, 1.165) is 11.4 Å². The molecule has 1 N–H and O–H groups in total. The van der Waals surface area contributed by atoms with Crippen LogP contribution >= 0.6 is 0 Å². The third-order valence-corrected chi connectivity index (χ3v) is 3.10. The average molecular weight is 302 g/mol. The van der Waals surface area contributed by atoms with Crippen molar-refractivity contribution in [3.8, 4) is 0 Å². The number of aromatic nitrogens is 4. The van der Waals surface area contributed by atoms with Crippen molar-refractivity contribution >= 4 is 11.7 Å². The molecule has 0 aliphatic heterocycles. The highest BCUT2D eigenvalue weighted by molar-refractivity contribution is 5.88. The SMILES string of the molecule is CN(Cc1cnn(C)c1)C(=O)Nc1cnc(C(C)(C)C)nc1. The number of aryl methyl sites for hydroxylation is 1. The van der Waals surface area contributed by atoms with Gasteiger partial charge in [-0.25, -0.2) is 14.8 Å². The highest BCUT2D eigenvalue weighted by Crippen LogP contribution is 2.18. The van der Waals surface area contributed by atoms with Gasteiger partial charge in [-0.3, -0.25) is 4.68 Å². The summed E-state index contributed by atoms with van der Waals surface area (Å²) in [6.07, 6.45) is 6.88. The van der Waals surface area contributed by atoms with E-state index < -0.39 is 0 Å². The minimum absolute atomic E-state index is 0.111. The quantitative estimate of drug-likeness (QED) is 0.942. The second-order valence-corrected chi connectivity index (χ2v) is 6.35. The van der Waals surface area contributed by atoms with Crippen molar-refractivity contribution < 1.29 is 4.79 Å². The number of urea groups is 1. The topological polar surface area (TPSA) is 75.9 Å². The zero-order valence-corrected chi connectivity index (χ0v) is 13.7. The summed E-state index contributed by atoms with van der Waals surface area (Å²) in [4.78, 5) is 22.3. The predicted octanol–water partition coefficient (Wildman–Crippen LogP) is 2.17. The van der Waals surface area contributed by atoms with Gasteiger partial charge in [0.25, 0.3) is 0 Å². The van der Waals surface area contributed by atoms with E-state index in [1.165, 1.54) is 0 Å². The summed E-state index contributed by atoms with van der Waals surface area (Å²) >= 11 is 0. The summed E-state index contributed by atoms with van der Waals surface area (Å²) in [5.74, 6) is 0.745. The molecule has 7 nitrogen and oxygen atoms in total.